The van der Waals surface area contributed by atoms with Gasteiger partial charge in [-0.05, 0) is 66.1 Å². The maximum absolute atomic E-state index is 14.0. The minimum Gasteiger partial charge on any atom is -0.338 e. The predicted molar refractivity (Wildman–Crippen MR) is 122 cm³/mol. The van der Waals surface area contributed by atoms with Gasteiger partial charge in [0.15, 0.2) is 0 Å². The summed E-state index contributed by atoms with van der Waals surface area (Å²) in [6, 6.07) is 14.8. The number of nitrogens with zero attached hydrogens (tertiary/aromatic N) is 4. The highest BCUT2D eigenvalue weighted by Gasteiger charge is 2.15. The van der Waals surface area contributed by atoms with E-state index in [2.05, 4.69) is 30.1 Å². The summed E-state index contributed by atoms with van der Waals surface area (Å²) in [5.74, 6) is -0.255. The zero-order chi connectivity index (χ0) is 21.7. The Balaban J connectivity index is 1.52. The van der Waals surface area contributed by atoms with Gasteiger partial charge in [0.05, 0.1) is 23.1 Å². The number of aromatic nitrogens is 6. The summed E-state index contributed by atoms with van der Waals surface area (Å²) in [6.07, 6.45) is 7.02. The predicted octanol–water partition coefficient (Wildman–Crippen LogP) is 5.68. The van der Waals surface area contributed by atoms with Crippen LogP contribution in [0.2, 0.25) is 0 Å². The zero-order valence-corrected chi connectivity index (χ0v) is 17.1. The molecule has 32 heavy (non-hydrogen) atoms. The van der Waals surface area contributed by atoms with Crippen molar-refractivity contribution in [2.45, 2.75) is 6.92 Å². The molecule has 6 nitrogen and oxygen atoms in total. The van der Waals surface area contributed by atoms with Crippen LogP contribution in [-0.2, 0) is 0 Å². The monoisotopic (exact) mass is 420 g/mol. The van der Waals surface area contributed by atoms with E-state index in [4.69, 9.17) is 0 Å². The highest BCUT2D eigenvalue weighted by Crippen LogP contribution is 2.34. The maximum atomic E-state index is 14.0. The summed E-state index contributed by atoms with van der Waals surface area (Å²) < 4.78 is 14.0. The van der Waals surface area contributed by atoms with Crippen LogP contribution in [-0.4, -0.2) is 30.1 Å². The molecule has 0 aliphatic carbocycles. The van der Waals surface area contributed by atoms with Crippen molar-refractivity contribution in [2.24, 2.45) is 0 Å². The van der Waals surface area contributed by atoms with E-state index in [1.54, 1.807) is 30.9 Å². The van der Waals surface area contributed by atoms with Gasteiger partial charge in [-0.2, -0.15) is 5.10 Å². The zero-order valence-electron chi connectivity index (χ0n) is 17.1. The van der Waals surface area contributed by atoms with Gasteiger partial charge in [0.2, 0.25) is 0 Å². The topological polar surface area (TPSA) is 83.1 Å². The first-order chi connectivity index (χ1) is 15.7. The van der Waals surface area contributed by atoms with E-state index in [0.717, 1.165) is 61.3 Å². The Bertz CT molecular complexity index is 1580. The average molecular weight is 420 g/mol. The molecule has 5 heterocycles. The van der Waals surface area contributed by atoms with E-state index in [1.165, 1.54) is 6.07 Å². The molecular formula is C25H17FN6. The summed E-state index contributed by atoms with van der Waals surface area (Å²) >= 11 is 0. The second kappa shape index (κ2) is 7.09. The van der Waals surface area contributed by atoms with Crippen LogP contribution in [0, 0.1) is 12.7 Å². The fourth-order valence-corrected chi connectivity index (χ4v) is 4.09. The quantitative estimate of drug-likeness (QED) is 0.386. The van der Waals surface area contributed by atoms with E-state index >= 15 is 0 Å². The third-order valence-corrected chi connectivity index (χ3v) is 5.54. The van der Waals surface area contributed by atoms with E-state index < -0.39 is 0 Å². The van der Waals surface area contributed by atoms with Crippen LogP contribution in [0.25, 0.3) is 55.7 Å². The first kappa shape index (κ1) is 18.4. The molecule has 6 rings (SSSR count). The Morgan fingerprint density at radius 2 is 1.81 bits per heavy atom. The third-order valence-electron chi connectivity index (χ3n) is 5.54. The molecule has 0 saturated heterocycles. The van der Waals surface area contributed by atoms with Crippen LogP contribution >= 0.6 is 0 Å². The number of hydrogen-bond donors (Lipinski definition) is 2. The average Bonchev–Trinajstić information content (AvgIpc) is 3.42. The third kappa shape index (κ3) is 3.02. The van der Waals surface area contributed by atoms with Crippen LogP contribution in [0.5, 0.6) is 0 Å². The largest absolute Gasteiger partial charge is 0.338 e. The number of H-pyrrole nitrogens is 2. The second-order valence-electron chi connectivity index (χ2n) is 7.75. The van der Waals surface area contributed by atoms with Crippen LogP contribution < -0.4 is 0 Å². The Kier molecular flexibility index (Phi) is 4.07. The van der Waals surface area contributed by atoms with Gasteiger partial charge in [-0.25, -0.2) is 9.37 Å². The van der Waals surface area contributed by atoms with Crippen molar-refractivity contribution < 1.29 is 4.39 Å². The molecule has 0 amide bonds. The number of halogens is 1. The van der Waals surface area contributed by atoms with Crippen LogP contribution in [0.1, 0.15) is 5.56 Å². The molecule has 0 atom stereocenters. The van der Waals surface area contributed by atoms with E-state index in [9.17, 15) is 4.39 Å². The summed E-state index contributed by atoms with van der Waals surface area (Å²) in [5.41, 5.74) is 7.50. The molecule has 7 heteroatoms. The lowest BCUT2D eigenvalue weighted by Crippen LogP contribution is -1.85. The molecule has 0 aliphatic rings. The Morgan fingerprint density at radius 3 is 2.66 bits per heavy atom. The van der Waals surface area contributed by atoms with Crippen LogP contribution in [0.4, 0.5) is 4.39 Å². The van der Waals surface area contributed by atoms with Gasteiger partial charge in [-0.15, -0.1) is 0 Å². The number of aromatic amines is 2. The van der Waals surface area contributed by atoms with Crippen molar-refractivity contribution >= 4 is 21.9 Å². The maximum Gasteiger partial charge on any atom is 0.138 e. The number of fused-ring (bicyclic) bond motifs is 2. The minimum absolute atomic E-state index is 0.255. The van der Waals surface area contributed by atoms with E-state index in [-0.39, 0.29) is 5.82 Å². The highest BCUT2D eigenvalue weighted by atomic mass is 19.1. The molecule has 0 saturated carbocycles. The van der Waals surface area contributed by atoms with Crippen molar-refractivity contribution in [3.63, 3.8) is 0 Å². The molecule has 0 fully saturated rings. The molecule has 0 bridgehead atoms. The first-order valence-corrected chi connectivity index (χ1v) is 10.2. The van der Waals surface area contributed by atoms with Gasteiger partial charge in [-0.3, -0.25) is 15.1 Å². The van der Waals surface area contributed by atoms with E-state index in [1.807, 2.05) is 43.3 Å². The van der Waals surface area contributed by atoms with Crippen molar-refractivity contribution in [1.82, 2.24) is 30.1 Å². The molecule has 0 aliphatic heterocycles. The standard InChI is InChI=1S/C25H17FN6/c1-14-7-16(9-17(26)8-14)18-4-6-28-25-19(18)10-22(30-25)24-20-11-21(15-3-2-5-27-12-15)29-13-23(20)31-32-24/h2-13H,1H3,(H,28,30)(H,31,32). The molecule has 0 radical (unpaired) electrons. The molecule has 0 unspecified atom stereocenters. The van der Waals surface area contributed by atoms with Crippen LogP contribution in [0.3, 0.4) is 0 Å². The number of rotatable bonds is 3. The Labute approximate surface area is 182 Å². The summed E-state index contributed by atoms with van der Waals surface area (Å²) in [5, 5.41) is 9.43. The molecule has 6 aromatic rings. The molecule has 0 spiro atoms. The Morgan fingerprint density at radius 1 is 0.875 bits per heavy atom. The summed E-state index contributed by atoms with van der Waals surface area (Å²) in [6.45, 7) is 1.89. The lowest BCUT2D eigenvalue weighted by molar-refractivity contribution is 0.627. The van der Waals surface area contributed by atoms with Gasteiger partial charge in [0.1, 0.15) is 17.2 Å². The summed E-state index contributed by atoms with van der Waals surface area (Å²) in [4.78, 5) is 16.6. The molecular weight excluding hydrogens is 403 g/mol. The number of hydrogen-bond acceptors (Lipinski definition) is 4. The number of benzene rings is 1. The normalized spacial score (nSPS) is 11.4. The van der Waals surface area contributed by atoms with Crippen LogP contribution in [0.15, 0.2) is 73.3 Å². The second-order valence-corrected chi connectivity index (χ2v) is 7.75. The highest BCUT2D eigenvalue weighted by molar-refractivity contribution is 6.00. The molecule has 2 N–H and O–H groups in total. The molecule has 1 aromatic carbocycles. The smallest absolute Gasteiger partial charge is 0.138 e. The van der Waals surface area contributed by atoms with Gasteiger partial charge < -0.3 is 4.98 Å². The first-order valence-electron chi connectivity index (χ1n) is 10.2. The lowest BCUT2D eigenvalue weighted by Gasteiger charge is -2.05. The van der Waals surface area contributed by atoms with Gasteiger partial charge in [-0.1, -0.05) is 6.07 Å². The lowest BCUT2D eigenvalue weighted by atomic mass is 10.0. The summed E-state index contributed by atoms with van der Waals surface area (Å²) in [7, 11) is 0. The van der Waals surface area contributed by atoms with Crippen molar-refractivity contribution in [3.8, 4) is 33.8 Å². The van der Waals surface area contributed by atoms with E-state index in [0.29, 0.717) is 0 Å². The van der Waals surface area contributed by atoms with Crippen molar-refractivity contribution in [2.75, 3.05) is 0 Å². The number of nitrogens with one attached hydrogen (secondary N) is 2. The number of pyridine rings is 3. The SMILES string of the molecule is Cc1cc(F)cc(-c2ccnc3[nH]c(-c4n[nH]c5cnc(-c6cccnc6)cc45)cc23)c1. The minimum atomic E-state index is -0.255. The van der Waals surface area contributed by atoms with Crippen molar-refractivity contribution in [1.29, 1.82) is 0 Å². The van der Waals surface area contributed by atoms with Crippen molar-refractivity contribution in [3.05, 3.63) is 84.7 Å². The fourth-order valence-electron chi connectivity index (χ4n) is 4.09. The fraction of sp³-hybridized carbons (Fsp3) is 0.0400. The molecule has 5 aromatic heterocycles. The van der Waals surface area contributed by atoms with Gasteiger partial charge in [0, 0.05) is 34.9 Å². The van der Waals surface area contributed by atoms with Gasteiger partial charge >= 0.3 is 0 Å². The molecule has 154 valence electrons. The Hall–Kier alpha value is -4.39. The number of aryl methyl sites for hydroxylation is 1. The van der Waals surface area contributed by atoms with Gasteiger partial charge in [0.25, 0.3) is 0 Å².